The van der Waals surface area contributed by atoms with Gasteiger partial charge in [0.2, 0.25) is 10.0 Å². The molecule has 0 saturated heterocycles. The van der Waals surface area contributed by atoms with E-state index in [9.17, 15) is 18.0 Å². The Labute approximate surface area is 219 Å². The van der Waals surface area contributed by atoms with E-state index >= 15 is 0 Å². The molecule has 0 unspecified atom stereocenters. The molecule has 0 atom stereocenters. The predicted octanol–water partition coefficient (Wildman–Crippen LogP) is 2.55. The summed E-state index contributed by atoms with van der Waals surface area (Å²) >= 11 is 6.00. The number of benzene rings is 2. The Kier molecular flexibility index (Phi) is 9.52. The van der Waals surface area contributed by atoms with Crippen LogP contribution in [0.3, 0.4) is 0 Å². The van der Waals surface area contributed by atoms with Crippen molar-refractivity contribution < 1.29 is 31.9 Å². The number of anilines is 1. The second kappa shape index (κ2) is 12.8. The summed E-state index contributed by atoms with van der Waals surface area (Å²) in [5, 5.41) is 6.82. The zero-order valence-corrected chi connectivity index (χ0v) is 21.6. The summed E-state index contributed by atoms with van der Waals surface area (Å²) in [7, 11) is -2.46. The molecule has 11 nitrogen and oxygen atoms in total. The smallest absolute Gasteiger partial charge is 0.260 e. The lowest BCUT2D eigenvalue weighted by molar-refractivity contribution is -0.123. The second-order valence-corrected chi connectivity index (χ2v) is 9.94. The Bertz CT molecular complexity index is 1340. The molecule has 3 rings (SSSR count). The van der Waals surface area contributed by atoms with Crippen LogP contribution in [0.25, 0.3) is 0 Å². The molecule has 13 heteroatoms. The molecule has 0 fully saturated rings. The summed E-state index contributed by atoms with van der Waals surface area (Å²) in [6, 6.07) is 14.6. The number of halogens is 1. The Morgan fingerprint density at radius 1 is 1.14 bits per heavy atom. The molecule has 1 aromatic heterocycles. The van der Waals surface area contributed by atoms with Crippen molar-refractivity contribution in [2.45, 2.75) is 6.54 Å². The second-order valence-electron chi connectivity index (χ2n) is 7.59. The number of amides is 2. The van der Waals surface area contributed by atoms with Gasteiger partial charge in [-0.25, -0.2) is 13.8 Å². The van der Waals surface area contributed by atoms with Gasteiger partial charge in [0.05, 0.1) is 38.1 Å². The van der Waals surface area contributed by atoms with Gasteiger partial charge < -0.3 is 19.2 Å². The van der Waals surface area contributed by atoms with Crippen molar-refractivity contribution in [3.63, 3.8) is 0 Å². The van der Waals surface area contributed by atoms with Gasteiger partial charge in [0.1, 0.15) is 23.8 Å². The van der Waals surface area contributed by atoms with Crippen molar-refractivity contribution in [3.8, 4) is 11.5 Å². The number of furan rings is 1. The Hall–Kier alpha value is -4.03. The lowest BCUT2D eigenvalue weighted by Crippen LogP contribution is -2.39. The van der Waals surface area contributed by atoms with Crippen LogP contribution in [0.2, 0.25) is 5.02 Å². The first-order chi connectivity index (χ1) is 17.7. The molecular weight excluding hydrogens is 524 g/mol. The molecule has 0 aliphatic heterocycles. The van der Waals surface area contributed by atoms with E-state index in [1.54, 1.807) is 42.5 Å². The fourth-order valence-corrected chi connectivity index (χ4v) is 4.05. The first-order valence-corrected chi connectivity index (χ1v) is 13.0. The number of hydrogen-bond acceptors (Lipinski definition) is 8. The topological polar surface area (TPSA) is 140 Å². The Balaban J connectivity index is 1.51. The monoisotopic (exact) mass is 548 g/mol. The van der Waals surface area contributed by atoms with Crippen molar-refractivity contribution in [1.82, 2.24) is 10.7 Å². The first kappa shape index (κ1) is 27.6. The van der Waals surface area contributed by atoms with Gasteiger partial charge in [-0.05, 0) is 60.2 Å². The molecule has 2 N–H and O–H groups in total. The summed E-state index contributed by atoms with van der Waals surface area (Å²) in [5.41, 5.74) is 3.05. The van der Waals surface area contributed by atoms with Crippen molar-refractivity contribution in [3.05, 3.63) is 77.2 Å². The van der Waals surface area contributed by atoms with E-state index in [1.165, 1.54) is 31.7 Å². The quantitative estimate of drug-likeness (QED) is 0.262. The molecule has 0 aliphatic rings. The third kappa shape index (κ3) is 8.54. The largest absolute Gasteiger partial charge is 0.495 e. The fourth-order valence-electron chi connectivity index (χ4n) is 3.03. The van der Waals surface area contributed by atoms with E-state index in [4.69, 9.17) is 25.5 Å². The van der Waals surface area contributed by atoms with Crippen LogP contribution in [-0.2, 0) is 26.2 Å². The third-order valence-corrected chi connectivity index (χ3v) is 6.15. The van der Waals surface area contributed by atoms with Gasteiger partial charge >= 0.3 is 0 Å². The molecular formula is C24H25ClN4O7S. The van der Waals surface area contributed by atoms with Crippen LogP contribution in [-0.4, -0.2) is 53.0 Å². The van der Waals surface area contributed by atoms with Crippen LogP contribution in [0.15, 0.2) is 70.4 Å². The zero-order valence-electron chi connectivity index (χ0n) is 20.0. The number of rotatable bonds is 12. The van der Waals surface area contributed by atoms with E-state index in [0.717, 1.165) is 10.6 Å². The van der Waals surface area contributed by atoms with Gasteiger partial charge in [-0.3, -0.25) is 13.9 Å². The van der Waals surface area contributed by atoms with Gasteiger partial charge in [0.15, 0.2) is 6.61 Å². The maximum Gasteiger partial charge on any atom is 0.260 e. The number of nitrogens with zero attached hydrogens (tertiary/aromatic N) is 2. The lowest BCUT2D eigenvalue weighted by atomic mass is 10.2. The van der Waals surface area contributed by atoms with Crippen LogP contribution in [0.1, 0.15) is 11.3 Å². The number of carbonyl (C=O) groups excluding carboxylic acids is 2. The number of sulfonamides is 1. The highest BCUT2D eigenvalue weighted by molar-refractivity contribution is 7.92. The van der Waals surface area contributed by atoms with Gasteiger partial charge in [0.25, 0.3) is 11.8 Å². The summed E-state index contributed by atoms with van der Waals surface area (Å²) < 4.78 is 41.3. The van der Waals surface area contributed by atoms with Crippen molar-refractivity contribution in [2.24, 2.45) is 5.10 Å². The normalized spacial score (nSPS) is 11.2. The summed E-state index contributed by atoms with van der Waals surface area (Å²) in [6.07, 6.45) is 3.87. The van der Waals surface area contributed by atoms with Crippen LogP contribution in [0, 0.1) is 0 Å². The van der Waals surface area contributed by atoms with Crippen LogP contribution in [0.4, 0.5) is 5.69 Å². The summed E-state index contributed by atoms with van der Waals surface area (Å²) in [4.78, 5) is 24.3. The Morgan fingerprint density at radius 3 is 2.54 bits per heavy atom. The lowest BCUT2D eigenvalue weighted by Gasteiger charge is -2.23. The zero-order chi connectivity index (χ0) is 26.8. The van der Waals surface area contributed by atoms with E-state index in [2.05, 4.69) is 15.8 Å². The number of hydrazone groups is 1. The molecule has 0 saturated carbocycles. The molecule has 2 aromatic carbocycles. The number of carbonyl (C=O) groups is 2. The van der Waals surface area contributed by atoms with E-state index in [1.807, 2.05) is 0 Å². The number of hydrogen-bond donors (Lipinski definition) is 2. The molecule has 0 bridgehead atoms. The highest BCUT2D eigenvalue weighted by atomic mass is 35.5. The van der Waals surface area contributed by atoms with E-state index in [-0.39, 0.29) is 35.5 Å². The van der Waals surface area contributed by atoms with Gasteiger partial charge in [-0.2, -0.15) is 5.10 Å². The minimum atomic E-state index is -3.84. The standard InChI is InChI=1S/C24H25ClN4O7S/c1-34-22-10-7-18(25)12-21(22)29(37(2,32)33)15-23(30)28-27-13-17-5-8-19(9-6-17)36-16-24(31)26-14-20-4-3-11-35-20/h3-13H,14-16H2,1-2H3,(H,26,31)(H,28,30)/b27-13-. The van der Waals surface area contributed by atoms with Gasteiger partial charge in [0, 0.05) is 5.02 Å². The van der Waals surface area contributed by atoms with Crippen LogP contribution < -0.4 is 24.5 Å². The molecule has 2 amide bonds. The predicted molar refractivity (Wildman–Crippen MR) is 138 cm³/mol. The Morgan fingerprint density at radius 2 is 1.89 bits per heavy atom. The number of nitrogens with one attached hydrogen (secondary N) is 2. The van der Waals surface area contributed by atoms with Crippen molar-refractivity contribution >= 4 is 45.3 Å². The minimum Gasteiger partial charge on any atom is -0.495 e. The van der Waals surface area contributed by atoms with E-state index < -0.39 is 22.5 Å². The average Bonchev–Trinajstić information content (AvgIpc) is 3.38. The molecule has 3 aromatic rings. The average molecular weight is 549 g/mol. The summed E-state index contributed by atoms with van der Waals surface area (Å²) in [6.45, 7) is -0.439. The molecule has 0 spiro atoms. The molecule has 196 valence electrons. The van der Waals surface area contributed by atoms with Crippen LogP contribution >= 0.6 is 11.6 Å². The number of ether oxygens (including phenoxy) is 2. The highest BCUT2D eigenvalue weighted by Crippen LogP contribution is 2.32. The van der Waals surface area contributed by atoms with Crippen LogP contribution in [0.5, 0.6) is 11.5 Å². The third-order valence-electron chi connectivity index (χ3n) is 4.79. The fraction of sp³-hybridized carbons (Fsp3) is 0.208. The van der Waals surface area contributed by atoms with E-state index in [0.29, 0.717) is 17.1 Å². The molecule has 1 heterocycles. The van der Waals surface area contributed by atoms with Gasteiger partial charge in [-0.15, -0.1) is 0 Å². The molecule has 0 aliphatic carbocycles. The maximum absolute atomic E-state index is 12.4. The summed E-state index contributed by atoms with van der Waals surface area (Å²) in [5.74, 6) is 0.363. The number of methoxy groups -OCH3 is 1. The SMILES string of the molecule is COc1ccc(Cl)cc1N(CC(=O)N/N=C\c1ccc(OCC(=O)NCc2ccco2)cc1)S(C)(=O)=O. The molecule has 0 radical (unpaired) electrons. The molecule has 37 heavy (non-hydrogen) atoms. The van der Waals surface area contributed by atoms with Gasteiger partial charge in [-0.1, -0.05) is 11.6 Å². The first-order valence-electron chi connectivity index (χ1n) is 10.8. The van der Waals surface area contributed by atoms with Crippen molar-refractivity contribution in [2.75, 3.05) is 30.8 Å². The highest BCUT2D eigenvalue weighted by Gasteiger charge is 2.24. The minimum absolute atomic E-state index is 0.127. The maximum atomic E-state index is 12.4. The van der Waals surface area contributed by atoms with Crippen molar-refractivity contribution in [1.29, 1.82) is 0 Å².